The van der Waals surface area contributed by atoms with Crippen LogP contribution in [-0.2, 0) is 4.79 Å². The second kappa shape index (κ2) is 10.4. The van der Waals surface area contributed by atoms with Crippen molar-refractivity contribution in [3.05, 3.63) is 83.4 Å². The summed E-state index contributed by atoms with van der Waals surface area (Å²) in [6.07, 6.45) is 0. The molecule has 0 bridgehead atoms. The van der Waals surface area contributed by atoms with E-state index in [4.69, 9.17) is 4.74 Å². The van der Waals surface area contributed by atoms with Crippen molar-refractivity contribution in [2.24, 2.45) is 0 Å². The molecule has 3 aromatic carbocycles. The van der Waals surface area contributed by atoms with Crippen molar-refractivity contribution >= 4 is 44.7 Å². The van der Waals surface area contributed by atoms with E-state index in [0.29, 0.717) is 22.7 Å². The number of carbonyl (C=O) groups is 2. The van der Waals surface area contributed by atoms with Gasteiger partial charge in [0, 0.05) is 18.4 Å². The smallest absolute Gasteiger partial charge is 0.257 e. The molecule has 1 heterocycles. The van der Waals surface area contributed by atoms with Gasteiger partial charge >= 0.3 is 0 Å². The Hall–Kier alpha value is -3.91. The third-order valence-corrected chi connectivity index (χ3v) is 6.80. The van der Waals surface area contributed by atoms with E-state index in [1.165, 1.54) is 0 Å². The summed E-state index contributed by atoms with van der Waals surface area (Å²) in [5.41, 5.74) is 2.63. The van der Waals surface area contributed by atoms with Gasteiger partial charge in [-0.2, -0.15) is 0 Å². The summed E-state index contributed by atoms with van der Waals surface area (Å²) < 4.78 is 6.25. The highest BCUT2D eigenvalue weighted by atomic mass is 32.1. The summed E-state index contributed by atoms with van der Waals surface area (Å²) in [5, 5.41) is 6.88. The summed E-state index contributed by atoms with van der Waals surface area (Å²) in [6, 6.07) is 22.0. The molecule has 34 heavy (non-hydrogen) atoms. The number of thiazole rings is 1. The molecule has 0 radical (unpaired) electrons. The predicted octanol–water partition coefficient (Wildman–Crippen LogP) is 5.19. The van der Waals surface area contributed by atoms with Crippen molar-refractivity contribution < 1.29 is 14.3 Å². The number of ether oxygens (including phenoxy) is 1. The second-order valence-electron chi connectivity index (χ2n) is 7.78. The van der Waals surface area contributed by atoms with Gasteiger partial charge < -0.3 is 20.3 Å². The lowest BCUT2D eigenvalue weighted by Crippen LogP contribution is -2.34. The van der Waals surface area contributed by atoms with E-state index in [-0.39, 0.29) is 24.4 Å². The molecule has 0 saturated carbocycles. The molecule has 0 aliphatic heterocycles. The number of methoxy groups -OCH3 is 1. The van der Waals surface area contributed by atoms with Crippen LogP contribution in [0.15, 0.2) is 72.8 Å². The van der Waals surface area contributed by atoms with E-state index in [1.807, 2.05) is 37.3 Å². The molecular formula is C26H26N4O3S. The van der Waals surface area contributed by atoms with Crippen LogP contribution in [0.2, 0.25) is 0 Å². The Labute approximate surface area is 202 Å². The molecule has 4 aromatic rings. The number of rotatable bonds is 8. The van der Waals surface area contributed by atoms with Crippen LogP contribution in [0, 0.1) is 0 Å². The maximum absolute atomic E-state index is 12.9. The number of fused-ring (bicyclic) bond motifs is 1. The first-order valence-corrected chi connectivity index (χ1v) is 11.7. The van der Waals surface area contributed by atoms with Crippen LogP contribution in [0.3, 0.4) is 0 Å². The van der Waals surface area contributed by atoms with E-state index in [2.05, 4.69) is 15.6 Å². The van der Waals surface area contributed by atoms with Crippen LogP contribution < -0.4 is 15.4 Å². The van der Waals surface area contributed by atoms with Gasteiger partial charge in [-0.1, -0.05) is 24.3 Å². The highest BCUT2D eigenvalue weighted by molar-refractivity contribution is 7.18. The first kappa shape index (κ1) is 23.3. The van der Waals surface area contributed by atoms with Crippen LogP contribution in [0.1, 0.15) is 28.3 Å². The molecule has 1 atom stereocenters. The molecule has 0 aliphatic carbocycles. The van der Waals surface area contributed by atoms with Gasteiger partial charge in [0.15, 0.2) is 0 Å². The minimum Gasteiger partial charge on any atom is -0.497 e. The fourth-order valence-corrected chi connectivity index (χ4v) is 4.52. The number of carbonyl (C=O) groups excluding carboxylic acids is 2. The fraction of sp³-hybridized carbons (Fsp3) is 0.192. The lowest BCUT2D eigenvalue weighted by Gasteiger charge is -2.24. The van der Waals surface area contributed by atoms with Crippen molar-refractivity contribution in [2.45, 2.75) is 13.0 Å². The molecule has 0 fully saturated rings. The van der Waals surface area contributed by atoms with E-state index < -0.39 is 0 Å². The SMILES string of the molecule is COc1ccc(NC(=O)c2ccccc2NCC(=O)N(C)C(C)c2nc3ccccc3s2)cc1. The van der Waals surface area contributed by atoms with Crippen LogP contribution in [0.5, 0.6) is 5.75 Å². The third-order valence-electron chi connectivity index (χ3n) is 5.59. The summed E-state index contributed by atoms with van der Waals surface area (Å²) in [5.74, 6) is 0.344. The van der Waals surface area contributed by atoms with Crippen molar-refractivity contribution in [1.29, 1.82) is 0 Å². The molecule has 7 nitrogen and oxygen atoms in total. The maximum Gasteiger partial charge on any atom is 0.257 e. The van der Waals surface area contributed by atoms with Crippen LogP contribution in [0.4, 0.5) is 11.4 Å². The molecule has 2 amide bonds. The minimum atomic E-state index is -0.267. The average molecular weight is 475 g/mol. The molecule has 2 N–H and O–H groups in total. The quantitative estimate of drug-likeness (QED) is 0.367. The molecule has 8 heteroatoms. The molecule has 1 unspecified atom stereocenters. The van der Waals surface area contributed by atoms with Gasteiger partial charge in [-0.3, -0.25) is 9.59 Å². The maximum atomic E-state index is 12.9. The summed E-state index contributed by atoms with van der Waals surface area (Å²) in [4.78, 5) is 32.1. The van der Waals surface area contributed by atoms with Gasteiger partial charge in [-0.25, -0.2) is 4.98 Å². The third kappa shape index (κ3) is 5.18. The number of likely N-dealkylation sites (N-methyl/N-ethyl adjacent to an activating group) is 1. The highest BCUT2D eigenvalue weighted by Crippen LogP contribution is 2.29. The number of nitrogens with zero attached hydrogens (tertiary/aromatic N) is 2. The average Bonchev–Trinajstić information content (AvgIpc) is 3.31. The van der Waals surface area contributed by atoms with Gasteiger partial charge in [0.1, 0.15) is 10.8 Å². The zero-order chi connectivity index (χ0) is 24.1. The number of para-hydroxylation sites is 2. The number of hydrogen-bond acceptors (Lipinski definition) is 6. The van der Waals surface area contributed by atoms with Gasteiger partial charge in [-0.15, -0.1) is 11.3 Å². The van der Waals surface area contributed by atoms with E-state index >= 15 is 0 Å². The van der Waals surface area contributed by atoms with Gasteiger partial charge in [0.2, 0.25) is 5.91 Å². The van der Waals surface area contributed by atoms with Crippen LogP contribution in [0.25, 0.3) is 10.2 Å². The Kier molecular flexibility index (Phi) is 7.08. The zero-order valence-electron chi connectivity index (χ0n) is 19.2. The number of amides is 2. The monoisotopic (exact) mass is 474 g/mol. The molecule has 174 valence electrons. The van der Waals surface area contributed by atoms with Crippen LogP contribution >= 0.6 is 11.3 Å². The van der Waals surface area contributed by atoms with Crippen molar-refractivity contribution in [1.82, 2.24) is 9.88 Å². The molecule has 0 saturated heterocycles. The van der Waals surface area contributed by atoms with E-state index in [1.54, 1.807) is 72.9 Å². The molecule has 0 spiro atoms. The van der Waals surface area contributed by atoms with E-state index in [9.17, 15) is 9.59 Å². The summed E-state index contributed by atoms with van der Waals surface area (Å²) >= 11 is 1.59. The van der Waals surface area contributed by atoms with Gasteiger partial charge in [0.05, 0.1) is 35.5 Å². The lowest BCUT2D eigenvalue weighted by molar-refractivity contribution is -0.129. The number of anilines is 2. The first-order valence-electron chi connectivity index (χ1n) is 10.9. The second-order valence-corrected chi connectivity index (χ2v) is 8.84. The summed E-state index contributed by atoms with van der Waals surface area (Å²) in [7, 11) is 3.36. The normalized spacial score (nSPS) is 11.6. The molecular weight excluding hydrogens is 448 g/mol. The Balaban J connectivity index is 1.40. The van der Waals surface area contributed by atoms with E-state index in [0.717, 1.165) is 15.2 Å². The Morgan fingerprint density at radius 3 is 2.47 bits per heavy atom. The fourth-order valence-electron chi connectivity index (χ4n) is 3.45. The largest absolute Gasteiger partial charge is 0.497 e. The van der Waals surface area contributed by atoms with Crippen molar-refractivity contribution in [2.75, 3.05) is 31.3 Å². The highest BCUT2D eigenvalue weighted by Gasteiger charge is 2.21. The standard InChI is InChI=1S/C26H26N4O3S/c1-17(26-29-22-10-6-7-11-23(22)34-26)30(2)24(31)16-27-21-9-5-4-8-20(21)25(32)28-18-12-14-19(33-3)15-13-18/h4-15,17,27H,16H2,1-3H3,(H,28,32). The number of aromatic nitrogens is 1. The topological polar surface area (TPSA) is 83.6 Å². The van der Waals surface area contributed by atoms with Crippen LogP contribution in [-0.4, -0.2) is 42.4 Å². The number of nitrogens with one attached hydrogen (secondary N) is 2. The Morgan fingerprint density at radius 2 is 1.74 bits per heavy atom. The van der Waals surface area contributed by atoms with Crippen molar-refractivity contribution in [3.8, 4) is 5.75 Å². The zero-order valence-corrected chi connectivity index (χ0v) is 20.1. The number of hydrogen-bond donors (Lipinski definition) is 2. The molecule has 1 aromatic heterocycles. The predicted molar refractivity (Wildman–Crippen MR) is 137 cm³/mol. The van der Waals surface area contributed by atoms with Crippen molar-refractivity contribution in [3.63, 3.8) is 0 Å². The summed E-state index contributed by atoms with van der Waals surface area (Å²) in [6.45, 7) is 2.02. The minimum absolute atomic E-state index is 0.0541. The van der Waals surface area contributed by atoms with Gasteiger partial charge in [0.25, 0.3) is 5.91 Å². The first-order chi connectivity index (χ1) is 16.5. The number of benzene rings is 3. The Bertz CT molecular complexity index is 1270. The molecule has 0 aliphatic rings. The Morgan fingerprint density at radius 1 is 1.03 bits per heavy atom. The lowest BCUT2D eigenvalue weighted by atomic mass is 10.1. The van der Waals surface area contributed by atoms with Gasteiger partial charge in [-0.05, 0) is 55.5 Å². The molecule has 4 rings (SSSR count).